The highest BCUT2D eigenvalue weighted by Gasteiger charge is 2.19. The van der Waals surface area contributed by atoms with E-state index in [1.54, 1.807) is 6.20 Å². The van der Waals surface area contributed by atoms with Crippen LogP contribution >= 0.6 is 0 Å². The molecule has 1 amide bonds. The van der Waals surface area contributed by atoms with Crippen LogP contribution in [0.2, 0.25) is 0 Å². The summed E-state index contributed by atoms with van der Waals surface area (Å²) in [5.41, 5.74) is 3.60. The van der Waals surface area contributed by atoms with E-state index in [1.807, 2.05) is 13.1 Å². The van der Waals surface area contributed by atoms with Crippen molar-refractivity contribution in [2.75, 3.05) is 23.3 Å². The number of aromatic nitrogens is 2. The highest BCUT2D eigenvalue weighted by Crippen LogP contribution is 2.35. The Labute approximate surface area is 143 Å². The molecule has 2 aromatic heterocycles. The fraction of sp³-hybridized carbons (Fsp3) is 0.500. The average Bonchev–Trinajstić information content (AvgIpc) is 2.89. The number of nitrogens with one attached hydrogen (secondary N) is 3. The predicted octanol–water partition coefficient (Wildman–Crippen LogP) is 3.72. The number of amides is 1. The summed E-state index contributed by atoms with van der Waals surface area (Å²) in [4.78, 5) is 21.9. The molecule has 130 valence electrons. The molecule has 0 spiro atoms. The quantitative estimate of drug-likeness (QED) is 0.677. The molecular formula is C18H27N5O. The molecule has 0 aliphatic rings. The molecule has 0 aliphatic heterocycles. The van der Waals surface area contributed by atoms with Gasteiger partial charge in [0.15, 0.2) is 0 Å². The van der Waals surface area contributed by atoms with Crippen LogP contribution in [-0.4, -0.2) is 34.7 Å². The molecule has 0 saturated heterocycles. The Hall–Kier alpha value is -2.37. The van der Waals surface area contributed by atoms with E-state index in [4.69, 9.17) is 5.41 Å². The third-order valence-electron chi connectivity index (χ3n) is 3.84. The van der Waals surface area contributed by atoms with Gasteiger partial charge in [-0.25, -0.2) is 4.98 Å². The third kappa shape index (κ3) is 3.75. The van der Waals surface area contributed by atoms with Crippen molar-refractivity contribution < 1.29 is 4.79 Å². The number of nitrogens with zero attached hydrogens (tertiary/aromatic N) is 2. The van der Waals surface area contributed by atoms with Crippen LogP contribution in [0.5, 0.6) is 0 Å². The van der Waals surface area contributed by atoms with E-state index in [2.05, 4.69) is 41.0 Å². The van der Waals surface area contributed by atoms with Crippen molar-refractivity contribution in [3.8, 4) is 0 Å². The van der Waals surface area contributed by atoms with Gasteiger partial charge in [0.2, 0.25) is 0 Å². The van der Waals surface area contributed by atoms with Gasteiger partial charge in [0, 0.05) is 25.5 Å². The van der Waals surface area contributed by atoms with Gasteiger partial charge in [-0.05, 0) is 31.7 Å². The molecule has 24 heavy (non-hydrogen) atoms. The lowest BCUT2D eigenvalue weighted by atomic mass is 10.1. The molecule has 2 rings (SSSR count). The predicted molar refractivity (Wildman–Crippen MR) is 100 cm³/mol. The highest BCUT2D eigenvalue weighted by molar-refractivity contribution is 6.41. The Morgan fingerprint density at radius 1 is 1.46 bits per heavy atom. The molecule has 0 aliphatic carbocycles. The van der Waals surface area contributed by atoms with Gasteiger partial charge in [-0.15, -0.1) is 0 Å². The van der Waals surface area contributed by atoms with Crippen LogP contribution in [0.15, 0.2) is 12.4 Å². The van der Waals surface area contributed by atoms with E-state index in [0.29, 0.717) is 11.6 Å². The maximum atomic E-state index is 11.9. The number of pyridine rings is 1. The van der Waals surface area contributed by atoms with Gasteiger partial charge >= 0.3 is 0 Å². The lowest BCUT2D eigenvalue weighted by Gasteiger charge is -2.28. The summed E-state index contributed by atoms with van der Waals surface area (Å²) in [5.74, 6) is 0.134. The summed E-state index contributed by atoms with van der Waals surface area (Å²) in [5, 5.41) is 11.2. The van der Waals surface area contributed by atoms with Crippen molar-refractivity contribution in [2.45, 2.75) is 41.0 Å². The lowest BCUT2D eigenvalue weighted by molar-refractivity contribution is -0.110. The molecule has 0 bridgehead atoms. The zero-order valence-electron chi connectivity index (χ0n) is 15.2. The molecular weight excluding hydrogens is 302 g/mol. The van der Waals surface area contributed by atoms with E-state index in [1.165, 1.54) is 6.92 Å². The Morgan fingerprint density at radius 3 is 2.75 bits per heavy atom. The van der Waals surface area contributed by atoms with E-state index < -0.39 is 5.91 Å². The fourth-order valence-electron chi connectivity index (χ4n) is 2.90. The molecule has 0 atom stereocenters. The summed E-state index contributed by atoms with van der Waals surface area (Å²) in [7, 11) is 0. The molecule has 2 heterocycles. The molecule has 0 fully saturated rings. The SMILES string of the molecule is CCCN(CC(C)C)c1c(C)cnc2[nH]cc(NC(=O)C(C)=N)c12. The largest absolute Gasteiger partial charge is 0.370 e. The highest BCUT2D eigenvalue weighted by atomic mass is 16.1. The number of carbonyl (C=O) groups is 1. The normalized spacial score (nSPS) is 11.1. The van der Waals surface area contributed by atoms with Crippen molar-refractivity contribution in [3.63, 3.8) is 0 Å². The minimum absolute atomic E-state index is 0.0147. The average molecular weight is 329 g/mol. The molecule has 0 unspecified atom stereocenters. The topological polar surface area (TPSA) is 84.9 Å². The van der Waals surface area contributed by atoms with Gasteiger partial charge in [0.25, 0.3) is 5.91 Å². The number of H-pyrrole nitrogens is 1. The second kappa shape index (κ2) is 7.47. The Bertz CT molecular complexity index is 747. The molecule has 6 heteroatoms. The number of fused-ring (bicyclic) bond motifs is 1. The van der Waals surface area contributed by atoms with E-state index in [9.17, 15) is 4.79 Å². The third-order valence-corrected chi connectivity index (χ3v) is 3.84. The zero-order chi connectivity index (χ0) is 17.9. The van der Waals surface area contributed by atoms with Gasteiger partial charge in [-0.3, -0.25) is 10.2 Å². The first-order valence-electron chi connectivity index (χ1n) is 8.43. The van der Waals surface area contributed by atoms with Gasteiger partial charge < -0.3 is 15.2 Å². The molecule has 6 nitrogen and oxygen atoms in total. The molecule has 2 aromatic rings. The number of hydrogen-bond acceptors (Lipinski definition) is 4. The maximum absolute atomic E-state index is 11.9. The van der Waals surface area contributed by atoms with Crippen LogP contribution in [-0.2, 0) is 4.79 Å². The second-order valence-electron chi connectivity index (χ2n) is 6.63. The summed E-state index contributed by atoms with van der Waals surface area (Å²) >= 11 is 0. The number of rotatable bonds is 7. The zero-order valence-corrected chi connectivity index (χ0v) is 15.2. The first-order chi connectivity index (χ1) is 11.3. The maximum Gasteiger partial charge on any atom is 0.269 e. The van der Waals surface area contributed by atoms with Crippen molar-refractivity contribution >= 4 is 34.0 Å². The summed E-state index contributed by atoms with van der Waals surface area (Å²) < 4.78 is 0. The van der Waals surface area contributed by atoms with Crippen LogP contribution in [0.3, 0.4) is 0 Å². The number of carbonyl (C=O) groups excluding carboxylic acids is 1. The summed E-state index contributed by atoms with van der Waals surface area (Å²) in [6.45, 7) is 12.0. The number of hydrogen-bond donors (Lipinski definition) is 3. The Morgan fingerprint density at radius 2 is 2.17 bits per heavy atom. The van der Waals surface area contributed by atoms with Crippen LogP contribution < -0.4 is 10.2 Å². The van der Waals surface area contributed by atoms with Gasteiger partial charge in [0.05, 0.1) is 22.5 Å². The summed E-state index contributed by atoms with van der Waals surface area (Å²) in [6.07, 6.45) is 4.66. The molecule has 0 radical (unpaired) electrons. The smallest absolute Gasteiger partial charge is 0.269 e. The first kappa shape index (κ1) is 18.0. The van der Waals surface area contributed by atoms with Crippen LogP contribution in [0.25, 0.3) is 11.0 Å². The minimum atomic E-state index is -0.394. The lowest BCUT2D eigenvalue weighted by Crippen LogP contribution is -2.29. The number of aromatic amines is 1. The Kier molecular flexibility index (Phi) is 5.59. The van der Waals surface area contributed by atoms with Crippen LogP contribution in [0, 0.1) is 18.3 Å². The minimum Gasteiger partial charge on any atom is -0.370 e. The van der Waals surface area contributed by atoms with Gasteiger partial charge in [-0.2, -0.15) is 0 Å². The van der Waals surface area contributed by atoms with Crippen molar-refractivity contribution in [3.05, 3.63) is 18.0 Å². The first-order valence-corrected chi connectivity index (χ1v) is 8.43. The molecule has 0 saturated carbocycles. The van der Waals surface area contributed by atoms with Gasteiger partial charge in [0.1, 0.15) is 5.65 Å². The van der Waals surface area contributed by atoms with Crippen molar-refractivity contribution in [1.29, 1.82) is 5.41 Å². The number of aryl methyl sites for hydroxylation is 1. The van der Waals surface area contributed by atoms with Gasteiger partial charge in [-0.1, -0.05) is 20.8 Å². The van der Waals surface area contributed by atoms with Crippen molar-refractivity contribution in [2.24, 2.45) is 5.92 Å². The van der Waals surface area contributed by atoms with E-state index in [-0.39, 0.29) is 5.71 Å². The molecule has 3 N–H and O–H groups in total. The number of anilines is 2. The monoisotopic (exact) mass is 329 g/mol. The second-order valence-corrected chi connectivity index (χ2v) is 6.63. The standard InChI is InChI=1S/C18H27N5O/c1-6-7-23(10-11(2)3)16-12(4)8-20-17-15(16)14(9-21-17)22-18(24)13(5)19/h8-9,11,19H,6-7,10H2,1-5H3,(H,20,21)(H,22,24). The van der Waals surface area contributed by atoms with Crippen molar-refractivity contribution in [1.82, 2.24) is 9.97 Å². The molecule has 0 aromatic carbocycles. The van der Waals surface area contributed by atoms with Crippen LogP contribution in [0.4, 0.5) is 11.4 Å². The summed E-state index contributed by atoms with van der Waals surface area (Å²) in [6, 6.07) is 0. The fourth-order valence-corrected chi connectivity index (χ4v) is 2.90. The van der Waals surface area contributed by atoms with Crippen LogP contribution in [0.1, 0.15) is 39.7 Å². The Balaban J connectivity index is 2.57. The van der Waals surface area contributed by atoms with E-state index >= 15 is 0 Å². The van der Waals surface area contributed by atoms with E-state index in [0.717, 1.165) is 41.8 Å².